The van der Waals surface area contributed by atoms with E-state index < -0.39 is 6.10 Å². The smallest absolute Gasteiger partial charge is 0.119 e. The van der Waals surface area contributed by atoms with Crippen LogP contribution in [-0.2, 0) is 6.42 Å². The highest BCUT2D eigenvalue weighted by Crippen LogP contribution is 2.28. The van der Waals surface area contributed by atoms with Crippen LogP contribution >= 0.6 is 11.5 Å². The average Bonchev–Trinajstić information content (AvgIpc) is 3.00. The van der Waals surface area contributed by atoms with Crippen molar-refractivity contribution in [3.63, 3.8) is 0 Å². The van der Waals surface area contributed by atoms with Crippen molar-refractivity contribution in [1.82, 2.24) is 14.9 Å². The standard InChI is InChI=1S/C16H23N3O2S/c1-4-15-16(22-19-18-15)12-5-7-14(8-6-12)21-10-13(20)9-17-11(2)3/h5-8,11,13,17,20H,4,9-10H2,1-3H3. The van der Waals surface area contributed by atoms with Gasteiger partial charge in [0.2, 0.25) is 0 Å². The van der Waals surface area contributed by atoms with Crippen LogP contribution in [-0.4, -0.2) is 40.0 Å². The maximum Gasteiger partial charge on any atom is 0.119 e. The molecule has 0 aliphatic heterocycles. The number of rotatable bonds is 8. The van der Waals surface area contributed by atoms with E-state index in [1.165, 1.54) is 11.5 Å². The molecule has 1 aromatic heterocycles. The van der Waals surface area contributed by atoms with Crippen LogP contribution in [0.5, 0.6) is 5.75 Å². The van der Waals surface area contributed by atoms with Gasteiger partial charge in [0.25, 0.3) is 0 Å². The summed E-state index contributed by atoms with van der Waals surface area (Å²) >= 11 is 1.41. The molecule has 2 aromatic rings. The van der Waals surface area contributed by atoms with Crippen LogP contribution in [0.4, 0.5) is 0 Å². The molecule has 2 N–H and O–H groups in total. The zero-order chi connectivity index (χ0) is 15.9. The Morgan fingerprint density at radius 1 is 1.27 bits per heavy atom. The van der Waals surface area contributed by atoms with Gasteiger partial charge in [0.05, 0.1) is 10.6 Å². The van der Waals surface area contributed by atoms with Crippen molar-refractivity contribution in [3.8, 4) is 16.2 Å². The molecule has 0 aliphatic carbocycles. The lowest BCUT2D eigenvalue weighted by atomic mass is 10.1. The molecule has 120 valence electrons. The van der Waals surface area contributed by atoms with Gasteiger partial charge >= 0.3 is 0 Å². The lowest BCUT2D eigenvalue weighted by Gasteiger charge is -2.15. The molecule has 0 spiro atoms. The summed E-state index contributed by atoms with van der Waals surface area (Å²) in [6.45, 7) is 6.98. The zero-order valence-corrected chi connectivity index (χ0v) is 14.1. The molecule has 0 saturated carbocycles. The molecule has 1 atom stereocenters. The first-order valence-electron chi connectivity index (χ1n) is 7.56. The highest BCUT2D eigenvalue weighted by atomic mass is 32.1. The molecule has 5 nitrogen and oxygen atoms in total. The summed E-state index contributed by atoms with van der Waals surface area (Å²) in [7, 11) is 0. The van der Waals surface area contributed by atoms with Crippen molar-refractivity contribution < 1.29 is 9.84 Å². The summed E-state index contributed by atoms with van der Waals surface area (Å²) < 4.78 is 9.62. The first kappa shape index (κ1) is 16.9. The largest absolute Gasteiger partial charge is 0.491 e. The number of nitrogens with zero attached hydrogens (tertiary/aromatic N) is 2. The Morgan fingerprint density at radius 3 is 2.64 bits per heavy atom. The van der Waals surface area contributed by atoms with Crippen molar-refractivity contribution in [2.75, 3.05) is 13.2 Å². The van der Waals surface area contributed by atoms with Crippen LogP contribution in [0.3, 0.4) is 0 Å². The molecular weight excluding hydrogens is 298 g/mol. The van der Waals surface area contributed by atoms with E-state index in [1.807, 2.05) is 38.1 Å². The fraction of sp³-hybridized carbons (Fsp3) is 0.500. The van der Waals surface area contributed by atoms with Gasteiger partial charge in [0.15, 0.2) is 0 Å². The Bertz CT molecular complexity index is 569. The van der Waals surface area contributed by atoms with Crippen molar-refractivity contribution in [2.45, 2.75) is 39.3 Å². The fourth-order valence-electron chi connectivity index (χ4n) is 1.98. The van der Waals surface area contributed by atoms with Crippen molar-refractivity contribution in [3.05, 3.63) is 30.0 Å². The number of benzene rings is 1. The summed E-state index contributed by atoms with van der Waals surface area (Å²) in [4.78, 5) is 1.11. The molecule has 0 saturated heterocycles. The predicted octanol–water partition coefficient (Wildman–Crippen LogP) is 2.51. The van der Waals surface area contributed by atoms with Crippen molar-refractivity contribution >= 4 is 11.5 Å². The number of ether oxygens (including phenoxy) is 1. The van der Waals surface area contributed by atoms with Crippen molar-refractivity contribution in [1.29, 1.82) is 0 Å². The molecule has 0 radical (unpaired) electrons. The molecule has 1 heterocycles. The maximum absolute atomic E-state index is 9.83. The minimum absolute atomic E-state index is 0.279. The molecular formula is C16H23N3O2S. The Hall–Kier alpha value is -1.50. The lowest BCUT2D eigenvalue weighted by Crippen LogP contribution is -2.35. The van der Waals surface area contributed by atoms with Gasteiger partial charge in [-0.3, -0.25) is 0 Å². The molecule has 0 fully saturated rings. The second-order valence-corrected chi connectivity index (χ2v) is 6.21. The summed E-state index contributed by atoms with van der Waals surface area (Å²) in [5.41, 5.74) is 2.12. The van der Waals surface area contributed by atoms with E-state index in [9.17, 15) is 5.11 Å². The van der Waals surface area contributed by atoms with Gasteiger partial charge < -0.3 is 15.2 Å². The lowest BCUT2D eigenvalue weighted by molar-refractivity contribution is 0.104. The molecule has 0 amide bonds. The third kappa shape index (κ3) is 4.76. The summed E-state index contributed by atoms with van der Waals surface area (Å²) in [5.74, 6) is 0.753. The van der Waals surface area contributed by atoms with E-state index in [0.29, 0.717) is 12.6 Å². The molecule has 2 rings (SSSR count). The minimum Gasteiger partial charge on any atom is -0.491 e. The third-order valence-corrected chi connectivity index (χ3v) is 4.03. The summed E-state index contributed by atoms with van der Waals surface area (Å²) in [5, 5.41) is 17.1. The number of aromatic nitrogens is 2. The van der Waals surface area contributed by atoms with E-state index in [4.69, 9.17) is 4.74 Å². The van der Waals surface area contributed by atoms with E-state index in [0.717, 1.165) is 28.3 Å². The number of aliphatic hydroxyl groups excluding tert-OH is 1. The van der Waals surface area contributed by atoms with Gasteiger partial charge in [0, 0.05) is 12.6 Å². The van der Waals surface area contributed by atoms with Gasteiger partial charge in [-0.05, 0) is 47.8 Å². The van der Waals surface area contributed by atoms with Gasteiger partial charge in [-0.1, -0.05) is 25.3 Å². The quantitative estimate of drug-likeness (QED) is 0.782. The van der Waals surface area contributed by atoms with E-state index in [1.54, 1.807) is 0 Å². The maximum atomic E-state index is 9.83. The van der Waals surface area contributed by atoms with Crippen LogP contribution in [0.25, 0.3) is 10.4 Å². The Kier molecular flexibility index (Phi) is 6.30. The van der Waals surface area contributed by atoms with Gasteiger partial charge in [-0.15, -0.1) is 5.10 Å². The van der Waals surface area contributed by atoms with Gasteiger partial charge in [-0.2, -0.15) is 0 Å². The van der Waals surface area contributed by atoms with E-state index >= 15 is 0 Å². The topological polar surface area (TPSA) is 67.3 Å². The van der Waals surface area contributed by atoms with Crippen LogP contribution in [0.1, 0.15) is 26.5 Å². The van der Waals surface area contributed by atoms with Crippen LogP contribution in [0.15, 0.2) is 24.3 Å². The first-order valence-corrected chi connectivity index (χ1v) is 8.33. The van der Waals surface area contributed by atoms with Crippen LogP contribution < -0.4 is 10.1 Å². The number of aryl methyl sites for hydroxylation is 1. The van der Waals surface area contributed by atoms with E-state index in [2.05, 4.69) is 21.8 Å². The highest BCUT2D eigenvalue weighted by Gasteiger charge is 2.09. The van der Waals surface area contributed by atoms with Crippen molar-refractivity contribution in [2.24, 2.45) is 0 Å². The SMILES string of the molecule is CCc1nnsc1-c1ccc(OCC(O)CNC(C)C)cc1. The third-order valence-electron chi connectivity index (χ3n) is 3.21. The fourth-order valence-corrected chi connectivity index (χ4v) is 2.74. The highest BCUT2D eigenvalue weighted by molar-refractivity contribution is 7.09. The number of nitrogens with one attached hydrogen (secondary N) is 1. The molecule has 6 heteroatoms. The zero-order valence-electron chi connectivity index (χ0n) is 13.2. The van der Waals surface area contributed by atoms with Crippen LogP contribution in [0, 0.1) is 0 Å². The van der Waals surface area contributed by atoms with Gasteiger partial charge in [0.1, 0.15) is 18.5 Å². The number of aliphatic hydroxyl groups is 1. The molecule has 0 aliphatic rings. The van der Waals surface area contributed by atoms with Gasteiger partial charge in [-0.25, -0.2) is 0 Å². The second kappa shape index (κ2) is 8.22. The number of hydrogen-bond acceptors (Lipinski definition) is 6. The minimum atomic E-state index is -0.514. The first-order chi connectivity index (χ1) is 10.6. The molecule has 0 bridgehead atoms. The van der Waals surface area contributed by atoms with Crippen LogP contribution in [0.2, 0.25) is 0 Å². The normalized spacial score (nSPS) is 12.6. The molecule has 22 heavy (non-hydrogen) atoms. The average molecular weight is 321 g/mol. The van der Waals surface area contributed by atoms with E-state index in [-0.39, 0.29) is 6.61 Å². The predicted molar refractivity (Wildman–Crippen MR) is 89.4 cm³/mol. The molecule has 1 aromatic carbocycles. The summed E-state index contributed by atoms with van der Waals surface area (Å²) in [6.07, 6.45) is 0.360. The Labute approximate surface area is 135 Å². The number of hydrogen-bond donors (Lipinski definition) is 2. The Balaban J connectivity index is 1.89. The summed E-state index contributed by atoms with van der Waals surface area (Å²) in [6, 6.07) is 8.19. The second-order valence-electron chi connectivity index (χ2n) is 5.45. The Morgan fingerprint density at radius 2 is 2.00 bits per heavy atom. The monoisotopic (exact) mass is 321 g/mol. The molecule has 1 unspecified atom stereocenters.